The normalized spacial score (nSPS) is 11.7. The van der Waals surface area contributed by atoms with Crippen LogP contribution >= 0.6 is 0 Å². The minimum Gasteiger partial charge on any atom is -0.299 e. The molecular formula is C12H20N2O. The molecule has 1 aromatic rings. The Balaban J connectivity index is 2.94. The van der Waals surface area contributed by atoms with E-state index >= 15 is 0 Å². The zero-order chi connectivity index (χ0) is 11.5. The molecule has 0 atom stereocenters. The van der Waals surface area contributed by atoms with Gasteiger partial charge in [-0.1, -0.05) is 34.1 Å². The van der Waals surface area contributed by atoms with Crippen molar-refractivity contribution >= 4 is 0 Å². The van der Waals surface area contributed by atoms with Gasteiger partial charge in [0.15, 0.2) is 0 Å². The fourth-order valence-corrected chi connectivity index (χ4v) is 1.35. The number of unbranched alkanes of at least 4 members (excludes halogenated alkanes) is 1. The highest BCUT2D eigenvalue weighted by Gasteiger charge is 2.15. The van der Waals surface area contributed by atoms with Crippen molar-refractivity contribution in [1.29, 1.82) is 0 Å². The lowest BCUT2D eigenvalue weighted by Crippen LogP contribution is -2.27. The molecule has 1 rings (SSSR count). The zero-order valence-electron chi connectivity index (χ0n) is 10.1. The van der Waals surface area contributed by atoms with E-state index in [4.69, 9.17) is 0 Å². The Morgan fingerprint density at radius 3 is 2.53 bits per heavy atom. The van der Waals surface area contributed by atoms with Gasteiger partial charge in [0, 0.05) is 18.2 Å². The summed E-state index contributed by atoms with van der Waals surface area (Å²) in [5.74, 6) is 0. The summed E-state index contributed by atoms with van der Waals surface area (Å²) >= 11 is 0. The number of hydrogen-bond acceptors (Lipinski definition) is 2. The van der Waals surface area contributed by atoms with Crippen LogP contribution < -0.4 is 5.69 Å². The first-order chi connectivity index (χ1) is 6.95. The SMILES string of the molecule is CCCCn1ccc(C(C)(C)C)nc1=O. The highest BCUT2D eigenvalue weighted by Crippen LogP contribution is 2.17. The molecule has 1 heterocycles. The standard InChI is InChI=1S/C12H20N2O/c1-5-6-8-14-9-7-10(12(2,3)4)13-11(14)15/h7,9H,5-6,8H2,1-4H3. The monoisotopic (exact) mass is 208 g/mol. The lowest BCUT2D eigenvalue weighted by molar-refractivity contribution is 0.540. The molecule has 3 heteroatoms. The van der Waals surface area contributed by atoms with Gasteiger partial charge in [0.05, 0.1) is 5.69 Å². The van der Waals surface area contributed by atoms with E-state index in [1.54, 1.807) is 4.57 Å². The first-order valence-corrected chi connectivity index (χ1v) is 5.53. The van der Waals surface area contributed by atoms with Gasteiger partial charge in [0.1, 0.15) is 0 Å². The first kappa shape index (κ1) is 12.0. The van der Waals surface area contributed by atoms with E-state index in [0.29, 0.717) is 0 Å². The van der Waals surface area contributed by atoms with Crippen molar-refractivity contribution in [2.45, 2.75) is 52.5 Å². The van der Waals surface area contributed by atoms with E-state index in [1.165, 1.54) is 0 Å². The molecule has 3 nitrogen and oxygen atoms in total. The smallest absolute Gasteiger partial charge is 0.299 e. The summed E-state index contributed by atoms with van der Waals surface area (Å²) in [6.45, 7) is 9.07. The van der Waals surface area contributed by atoms with Gasteiger partial charge in [-0.3, -0.25) is 4.57 Å². The molecular weight excluding hydrogens is 188 g/mol. The highest BCUT2D eigenvalue weighted by atomic mass is 16.1. The van der Waals surface area contributed by atoms with E-state index in [9.17, 15) is 4.79 Å². The Morgan fingerprint density at radius 1 is 1.40 bits per heavy atom. The van der Waals surface area contributed by atoms with Crippen LogP contribution in [0.4, 0.5) is 0 Å². The summed E-state index contributed by atoms with van der Waals surface area (Å²) in [4.78, 5) is 15.7. The molecule has 84 valence electrons. The molecule has 15 heavy (non-hydrogen) atoms. The van der Waals surface area contributed by atoms with Crippen molar-refractivity contribution < 1.29 is 0 Å². The molecule has 0 saturated carbocycles. The predicted molar refractivity (Wildman–Crippen MR) is 62.1 cm³/mol. The predicted octanol–water partition coefficient (Wildman–Crippen LogP) is 2.34. The summed E-state index contributed by atoms with van der Waals surface area (Å²) in [7, 11) is 0. The van der Waals surface area contributed by atoms with E-state index < -0.39 is 0 Å². The largest absolute Gasteiger partial charge is 0.347 e. The molecule has 0 amide bonds. The first-order valence-electron chi connectivity index (χ1n) is 5.53. The van der Waals surface area contributed by atoms with Crippen LogP contribution in [0.2, 0.25) is 0 Å². The molecule has 0 saturated heterocycles. The van der Waals surface area contributed by atoms with Gasteiger partial charge in [-0.25, -0.2) is 4.79 Å². The molecule has 0 aliphatic carbocycles. The summed E-state index contributed by atoms with van der Waals surface area (Å²) < 4.78 is 1.68. The highest BCUT2D eigenvalue weighted by molar-refractivity contribution is 5.10. The van der Waals surface area contributed by atoms with Gasteiger partial charge in [0.2, 0.25) is 0 Å². The lowest BCUT2D eigenvalue weighted by atomic mass is 9.92. The maximum absolute atomic E-state index is 11.6. The Kier molecular flexibility index (Phi) is 3.66. The molecule has 0 spiro atoms. The number of aryl methyl sites for hydroxylation is 1. The minimum atomic E-state index is -0.129. The third-order valence-electron chi connectivity index (χ3n) is 2.40. The van der Waals surface area contributed by atoms with Crippen LogP contribution in [0.5, 0.6) is 0 Å². The minimum absolute atomic E-state index is 0.0526. The number of rotatable bonds is 3. The third kappa shape index (κ3) is 3.18. The van der Waals surface area contributed by atoms with E-state index in [2.05, 4.69) is 32.7 Å². The van der Waals surface area contributed by atoms with Crippen molar-refractivity contribution in [3.05, 3.63) is 28.4 Å². The fourth-order valence-electron chi connectivity index (χ4n) is 1.35. The molecule has 0 fully saturated rings. The van der Waals surface area contributed by atoms with Crippen molar-refractivity contribution in [1.82, 2.24) is 9.55 Å². The quantitative estimate of drug-likeness (QED) is 0.764. The molecule has 0 unspecified atom stereocenters. The molecule has 0 bridgehead atoms. The maximum atomic E-state index is 11.6. The lowest BCUT2D eigenvalue weighted by Gasteiger charge is -2.17. The van der Waals surface area contributed by atoms with Gasteiger partial charge >= 0.3 is 5.69 Å². The second-order valence-corrected chi connectivity index (χ2v) is 4.89. The summed E-state index contributed by atoms with van der Waals surface area (Å²) in [6.07, 6.45) is 3.97. The zero-order valence-corrected chi connectivity index (χ0v) is 10.1. The Labute approximate surface area is 91.2 Å². The summed E-state index contributed by atoms with van der Waals surface area (Å²) in [5, 5.41) is 0. The van der Waals surface area contributed by atoms with E-state index in [1.807, 2.05) is 12.3 Å². The van der Waals surface area contributed by atoms with Gasteiger partial charge in [-0.15, -0.1) is 0 Å². The summed E-state index contributed by atoms with van der Waals surface area (Å²) in [5.41, 5.74) is 0.680. The molecule has 0 radical (unpaired) electrons. The molecule has 0 N–H and O–H groups in total. The Bertz CT molecular complexity index is 374. The Morgan fingerprint density at radius 2 is 2.07 bits per heavy atom. The van der Waals surface area contributed by atoms with Crippen molar-refractivity contribution in [3.63, 3.8) is 0 Å². The van der Waals surface area contributed by atoms with Crippen molar-refractivity contribution in [2.24, 2.45) is 0 Å². The van der Waals surface area contributed by atoms with Crippen LogP contribution in [0.3, 0.4) is 0 Å². The average Bonchev–Trinajstić information content (AvgIpc) is 2.14. The second kappa shape index (κ2) is 4.60. The van der Waals surface area contributed by atoms with E-state index in [0.717, 1.165) is 25.1 Å². The van der Waals surface area contributed by atoms with Crippen LogP contribution in [0.1, 0.15) is 46.2 Å². The van der Waals surface area contributed by atoms with Crippen LogP contribution in [-0.4, -0.2) is 9.55 Å². The Hall–Kier alpha value is -1.12. The number of nitrogens with zero attached hydrogens (tertiary/aromatic N) is 2. The van der Waals surface area contributed by atoms with Crippen LogP contribution in [0.25, 0.3) is 0 Å². The topological polar surface area (TPSA) is 34.9 Å². The molecule has 0 aliphatic heterocycles. The van der Waals surface area contributed by atoms with Gasteiger partial charge in [0.25, 0.3) is 0 Å². The third-order valence-corrected chi connectivity index (χ3v) is 2.40. The average molecular weight is 208 g/mol. The van der Waals surface area contributed by atoms with Crippen LogP contribution in [0, 0.1) is 0 Å². The van der Waals surface area contributed by atoms with Crippen molar-refractivity contribution in [2.75, 3.05) is 0 Å². The number of aromatic nitrogens is 2. The van der Waals surface area contributed by atoms with Crippen LogP contribution in [-0.2, 0) is 12.0 Å². The molecule has 0 aromatic carbocycles. The maximum Gasteiger partial charge on any atom is 0.347 e. The van der Waals surface area contributed by atoms with Gasteiger partial charge in [-0.2, -0.15) is 4.98 Å². The molecule has 0 aliphatic rings. The fraction of sp³-hybridized carbons (Fsp3) is 0.667. The second-order valence-electron chi connectivity index (χ2n) is 4.89. The van der Waals surface area contributed by atoms with Gasteiger partial charge in [-0.05, 0) is 12.5 Å². The molecule has 1 aromatic heterocycles. The van der Waals surface area contributed by atoms with E-state index in [-0.39, 0.29) is 11.1 Å². The summed E-state index contributed by atoms with van der Waals surface area (Å²) in [6, 6.07) is 1.94. The van der Waals surface area contributed by atoms with Crippen molar-refractivity contribution in [3.8, 4) is 0 Å². The van der Waals surface area contributed by atoms with Gasteiger partial charge < -0.3 is 0 Å². The van der Waals surface area contributed by atoms with Crippen LogP contribution in [0.15, 0.2) is 17.1 Å². The number of hydrogen-bond donors (Lipinski definition) is 0.